The average molecular weight is 326 g/mol. The molecular formula is C21H26O3. The van der Waals surface area contributed by atoms with Gasteiger partial charge in [-0.05, 0) is 37.0 Å². The third kappa shape index (κ3) is 3.27. The number of aryl methyl sites for hydroxylation is 2. The van der Waals surface area contributed by atoms with Gasteiger partial charge in [0.2, 0.25) is 0 Å². The van der Waals surface area contributed by atoms with E-state index in [0.29, 0.717) is 5.56 Å². The van der Waals surface area contributed by atoms with Crippen molar-refractivity contribution in [2.24, 2.45) is 0 Å². The van der Waals surface area contributed by atoms with E-state index in [9.17, 15) is 10.2 Å². The monoisotopic (exact) mass is 326 g/mol. The summed E-state index contributed by atoms with van der Waals surface area (Å²) in [6.07, 6.45) is 5.08. The highest BCUT2D eigenvalue weighted by molar-refractivity contribution is 5.79. The van der Waals surface area contributed by atoms with Gasteiger partial charge in [0.05, 0.1) is 18.3 Å². The van der Waals surface area contributed by atoms with E-state index in [1.807, 2.05) is 37.3 Å². The number of rotatable bonds is 6. The van der Waals surface area contributed by atoms with Crippen molar-refractivity contribution in [3.8, 4) is 22.6 Å². The zero-order valence-corrected chi connectivity index (χ0v) is 14.5. The Morgan fingerprint density at radius 3 is 2.58 bits per heavy atom. The Labute approximate surface area is 143 Å². The largest absolute Gasteiger partial charge is 0.507 e. The number of hydrogen-bond acceptors (Lipinski definition) is 3. The molecule has 0 saturated carbocycles. The van der Waals surface area contributed by atoms with E-state index in [4.69, 9.17) is 4.74 Å². The van der Waals surface area contributed by atoms with Crippen LogP contribution in [-0.2, 0) is 11.2 Å². The molecule has 128 valence electrons. The molecule has 3 heteroatoms. The van der Waals surface area contributed by atoms with Crippen LogP contribution in [0.4, 0.5) is 0 Å². The lowest BCUT2D eigenvalue weighted by atomic mass is 9.88. The summed E-state index contributed by atoms with van der Waals surface area (Å²) in [7, 11) is 0. The van der Waals surface area contributed by atoms with Crippen LogP contribution in [0.15, 0.2) is 30.3 Å². The number of hydrogen-bond donors (Lipinski definition) is 2. The van der Waals surface area contributed by atoms with Crippen molar-refractivity contribution in [2.45, 2.75) is 52.1 Å². The standard InChI is InChI=1S/C21H26O3/c1-3-4-5-8-16-13-17(22)19(15-9-6-7-14(2)12-15)21(23)20(16)18-10-11-24-18/h6-7,9,12-13,18,22-23H,3-5,8,10-11H2,1-2H3. The minimum absolute atomic E-state index is 0.0502. The predicted molar refractivity (Wildman–Crippen MR) is 96.5 cm³/mol. The van der Waals surface area contributed by atoms with Gasteiger partial charge in [0.15, 0.2) is 0 Å². The van der Waals surface area contributed by atoms with Crippen LogP contribution in [0.25, 0.3) is 11.1 Å². The van der Waals surface area contributed by atoms with Gasteiger partial charge >= 0.3 is 0 Å². The van der Waals surface area contributed by atoms with Crippen LogP contribution in [0, 0.1) is 6.92 Å². The fraction of sp³-hybridized carbons (Fsp3) is 0.429. The summed E-state index contributed by atoms with van der Waals surface area (Å²) in [4.78, 5) is 0. The molecule has 2 aromatic carbocycles. The quantitative estimate of drug-likeness (QED) is 0.711. The Morgan fingerprint density at radius 2 is 1.96 bits per heavy atom. The van der Waals surface area contributed by atoms with Crippen molar-refractivity contribution in [1.29, 1.82) is 0 Å². The molecule has 1 atom stereocenters. The summed E-state index contributed by atoms with van der Waals surface area (Å²) in [6, 6.07) is 9.68. The molecule has 0 aromatic heterocycles. The van der Waals surface area contributed by atoms with Crippen molar-refractivity contribution < 1.29 is 14.9 Å². The number of phenolic OH excluding ortho intramolecular Hbond substituents is 2. The summed E-state index contributed by atoms with van der Waals surface area (Å²) >= 11 is 0. The number of phenols is 2. The van der Waals surface area contributed by atoms with Crippen LogP contribution in [0.1, 0.15) is 55.4 Å². The maximum Gasteiger partial charge on any atom is 0.133 e. The first-order valence-corrected chi connectivity index (χ1v) is 8.88. The maximum atomic E-state index is 10.9. The SMILES string of the molecule is CCCCCc1cc(O)c(-c2cccc(C)c2)c(O)c1C1CCO1. The van der Waals surface area contributed by atoms with Crippen molar-refractivity contribution in [3.63, 3.8) is 0 Å². The topological polar surface area (TPSA) is 49.7 Å². The lowest BCUT2D eigenvalue weighted by Gasteiger charge is -2.30. The van der Waals surface area contributed by atoms with Gasteiger partial charge in [0, 0.05) is 12.0 Å². The van der Waals surface area contributed by atoms with Gasteiger partial charge in [-0.3, -0.25) is 0 Å². The van der Waals surface area contributed by atoms with Crippen molar-refractivity contribution in [3.05, 3.63) is 47.0 Å². The van der Waals surface area contributed by atoms with Crippen LogP contribution in [0.2, 0.25) is 0 Å². The van der Waals surface area contributed by atoms with Crippen LogP contribution in [0.5, 0.6) is 11.5 Å². The Bertz CT molecular complexity index is 717. The molecule has 0 spiro atoms. The third-order valence-corrected chi connectivity index (χ3v) is 4.78. The van der Waals surface area contributed by atoms with E-state index in [1.54, 1.807) is 0 Å². The zero-order valence-electron chi connectivity index (χ0n) is 14.5. The normalized spacial score (nSPS) is 16.8. The minimum Gasteiger partial charge on any atom is -0.507 e. The van der Waals surface area contributed by atoms with E-state index in [1.165, 1.54) is 0 Å². The summed E-state index contributed by atoms with van der Waals surface area (Å²) in [5.41, 5.74) is 4.33. The minimum atomic E-state index is -0.0502. The fourth-order valence-electron chi connectivity index (χ4n) is 3.40. The van der Waals surface area contributed by atoms with Crippen LogP contribution in [-0.4, -0.2) is 16.8 Å². The van der Waals surface area contributed by atoms with Gasteiger partial charge in [0.1, 0.15) is 11.5 Å². The second-order valence-electron chi connectivity index (χ2n) is 6.67. The molecule has 2 aromatic rings. The Morgan fingerprint density at radius 1 is 1.17 bits per heavy atom. The van der Waals surface area contributed by atoms with Gasteiger partial charge in [-0.25, -0.2) is 0 Å². The molecule has 24 heavy (non-hydrogen) atoms. The maximum absolute atomic E-state index is 10.9. The number of benzene rings is 2. The first-order chi connectivity index (χ1) is 11.6. The van der Waals surface area contributed by atoms with E-state index in [0.717, 1.165) is 61.0 Å². The van der Waals surface area contributed by atoms with Gasteiger partial charge in [-0.1, -0.05) is 49.6 Å². The molecule has 3 rings (SSSR count). The molecule has 1 saturated heterocycles. The van der Waals surface area contributed by atoms with Crippen LogP contribution < -0.4 is 0 Å². The molecule has 1 aliphatic heterocycles. The van der Waals surface area contributed by atoms with Gasteiger partial charge in [-0.2, -0.15) is 0 Å². The lowest BCUT2D eigenvalue weighted by molar-refractivity contribution is -0.0542. The molecule has 0 bridgehead atoms. The molecule has 3 nitrogen and oxygen atoms in total. The van der Waals surface area contributed by atoms with Crippen LogP contribution >= 0.6 is 0 Å². The molecule has 0 radical (unpaired) electrons. The molecule has 1 heterocycles. The Balaban J connectivity index is 2.07. The van der Waals surface area contributed by atoms with E-state index >= 15 is 0 Å². The summed E-state index contributed by atoms with van der Waals surface area (Å²) < 4.78 is 5.66. The Kier molecular flexibility index (Phi) is 5.10. The second kappa shape index (κ2) is 7.27. The predicted octanol–water partition coefficient (Wildman–Crippen LogP) is 5.27. The fourth-order valence-corrected chi connectivity index (χ4v) is 3.40. The number of ether oxygens (including phenoxy) is 1. The Hall–Kier alpha value is -2.00. The molecule has 1 unspecified atom stereocenters. The van der Waals surface area contributed by atoms with E-state index in [-0.39, 0.29) is 17.6 Å². The second-order valence-corrected chi connectivity index (χ2v) is 6.67. The van der Waals surface area contributed by atoms with Crippen molar-refractivity contribution in [1.82, 2.24) is 0 Å². The first-order valence-electron chi connectivity index (χ1n) is 8.88. The van der Waals surface area contributed by atoms with E-state index in [2.05, 4.69) is 6.92 Å². The molecule has 1 fully saturated rings. The zero-order chi connectivity index (χ0) is 17.1. The lowest BCUT2D eigenvalue weighted by Crippen LogP contribution is -2.20. The summed E-state index contributed by atoms with van der Waals surface area (Å²) in [5, 5.41) is 21.5. The highest BCUT2D eigenvalue weighted by Crippen LogP contribution is 2.47. The van der Waals surface area contributed by atoms with Gasteiger partial charge in [0.25, 0.3) is 0 Å². The van der Waals surface area contributed by atoms with Gasteiger partial charge in [-0.15, -0.1) is 0 Å². The smallest absolute Gasteiger partial charge is 0.133 e. The van der Waals surface area contributed by atoms with Crippen molar-refractivity contribution >= 4 is 0 Å². The molecule has 0 aliphatic carbocycles. The third-order valence-electron chi connectivity index (χ3n) is 4.78. The average Bonchev–Trinajstić information content (AvgIpc) is 2.49. The first kappa shape index (κ1) is 16.8. The number of unbranched alkanes of at least 4 members (excludes halogenated alkanes) is 2. The molecule has 1 aliphatic rings. The summed E-state index contributed by atoms with van der Waals surface area (Å²) in [5.74, 6) is 0.324. The van der Waals surface area contributed by atoms with E-state index < -0.39 is 0 Å². The molecule has 0 amide bonds. The highest BCUT2D eigenvalue weighted by atomic mass is 16.5. The highest BCUT2D eigenvalue weighted by Gasteiger charge is 2.29. The molecule has 2 N–H and O–H groups in total. The number of aromatic hydroxyl groups is 2. The van der Waals surface area contributed by atoms with Crippen molar-refractivity contribution in [2.75, 3.05) is 6.61 Å². The summed E-state index contributed by atoms with van der Waals surface area (Å²) in [6.45, 7) is 4.91. The van der Waals surface area contributed by atoms with Gasteiger partial charge < -0.3 is 14.9 Å². The van der Waals surface area contributed by atoms with Crippen LogP contribution in [0.3, 0.4) is 0 Å². The molecular weight excluding hydrogens is 300 g/mol.